The summed E-state index contributed by atoms with van der Waals surface area (Å²) in [5.41, 5.74) is 1.65. The predicted octanol–water partition coefficient (Wildman–Crippen LogP) is 4.08. The van der Waals surface area contributed by atoms with Gasteiger partial charge in [0.05, 0.1) is 12.1 Å². The van der Waals surface area contributed by atoms with Crippen LogP contribution in [0.25, 0.3) is 0 Å². The third-order valence-corrected chi connectivity index (χ3v) is 7.86. The summed E-state index contributed by atoms with van der Waals surface area (Å²) in [5.74, 6) is -5.37. The molecule has 0 aromatic heterocycles. The minimum Gasteiger partial charge on any atom is -0.480 e. The molecule has 1 aliphatic heterocycles. The zero-order valence-corrected chi connectivity index (χ0v) is 22.6. The van der Waals surface area contributed by atoms with Crippen LogP contribution in [0.5, 0.6) is 0 Å². The molecule has 4 rings (SSSR count). The highest BCUT2D eigenvalue weighted by atomic mass is 35.5. The van der Waals surface area contributed by atoms with Gasteiger partial charge in [-0.25, -0.2) is 21.9 Å². The van der Waals surface area contributed by atoms with E-state index in [0.29, 0.717) is 16.1 Å². The van der Waals surface area contributed by atoms with Gasteiger partial charge >= 0.3 is 5.97 Å². The van der Waals surface area contributed by atoms with Crippen LogP contribution >= 0.6 is 23.2 Å². The van der Waals surface area contributed by atoms with Gasteiger partial charge in [-0.2, -0.15) is 0 Å². The lowest BCUT2D eigenvalue weighted by molar-refractivity contribution is -0.135. The van der Waals surface area contributed by atoms with E-state index in [9.17, 15) is 26.8 Å². The fourth-order valence-electron chi connectivity index (χ4n) is 4.46. The molecule has 1 fully saturated rings. The van der Waals surface area contributed by atoms with Gasteiger partial charge in [-0.3, -0.25) is 14.5 Å². The number of hydrogen-bond donors (Lipinski definition) is 2. The maximum absolute atomic E-state index is 14.1. The topological polar surface area (TPSA) is 107 Å². The number of benzene rings is 3. The van der Waals surface area contributed by atoms with Gasteiger partial charge in [-0.05, 0) is 47.5 Å². The van der Waals surface area contributed by atoms with Crippen molar-refractivity contribution in [2.24, 2.45) is 0 Å². The van der Waals surface area contributed by atoms with Crippen molar-refractivity contribution < 1.29 is 31.9 Å². The van der Waals surface area contributed by atoms with E-state index < -0.39 is 51.9 Å². The molecule has 0 radical (unpaired) electrons. The van der Waals surface area contributed by atoms with E-state index in [1.54, 1.807) is 24.3 Å². The second-order valence-corrected chi connectivity index (χ2v) is 11.7. The number of carbonyl (C=O) groups excluding carboxylic acids is 1. The van der Waals surface area contributed by atoms with Crippen LogP contribution in [0.4, 0.5) is 14.5 Å². The Kier molecular flexibility index (Phi) is 8.87. The molecule has 1 amide bonds. The summed E-state index contributed by atoms with van der Waals surface area (Å²) in [7, 11) is -4.34. The summed E-state index contributed by atoms with van der Waals surface area (Å²) < 4.78 is 54.7. The first-order chi connectivity index (χ1) is 18.4. The quantitative estimate of drug-likeness (QED) is 0.365. The molecule has 0 unspecified atom stereocenters. The van der Waals surface area contributed by atoms with E-state index in [0.717, 1.165) is 28.2 Å². The number of hydrogen-bond acceptors (Lipinski definition) is 5. The maximum Gasteiger partial charge on any atom is 0.318 e. The number of carbonyl (C=O) groups is 2. The molecule has 13 heteroatoms. The number of likely N-dealkylation sites (tertiary alicyclic amines) is 1. The molecule has 39 heavy (non-hydrogen) atoms. The molecular weight excluding hydrogens is 575 g/mol. The van der Waals surface area contributed by atoms with Crippen molar-refractivity contribution in [1.82, 2.24) is 9.62 Å². The highest BCUT2D eigenvalue weighted by Crippen LogP contribution is 2.36. The zero-order chi connectivity index (χ0) is 28.3. The van der Waals surface area contributed by atoms with Crippen LogP contribution in [-0.4, -0.2) is 61.7 Å². The van der Waals surface area contributed by atoms with E-state index in [4.69, 9.17) is 28.3 Å². The minimum atomic E-state index is -4.34. The van der Waals surface area contributed by atoms with Crippen LogP contribution < -0.4 is 9.62 Å². The molecule has 1 heterocycles. The van der Waals surface area contributed by atoms with Crippen LogP contribution in [0, 0.1) is 11.6 Å². The average molecular weight is 598 g/mol. The van der Waals surface area contributed by atoms with Crippen LogP contribution in [0.2, 0.25) is 10.0 Å². The number of nitrogens with zero attached hydrogens (tertiary/aromatic N) is 2. The van der Waals surface area contributed by atoms with Gasteiger partial charge in [0.2, 0.25) is 15.9 Å². The van der Waals surface area contributed by atoms with Gasteiger partial charge in [0.1, 0.15) is 23.9 Å². The molecule has 2 N–H and O–H groups in total. The number of sulfonamides is 1. The lowest BCUT2D eigenvalue weighted by atomic mass is 9.92. The summed E-state index contributed by atoms with van der Waals surface area (Å²) in [5, 5.41) is 9.88. The van der Waals surface area contributed by atoms with Gasteiger partial charge in [0, 0.05) is 34.9 Å². The maximum atomic E-state index is 14.1. The summed E-state index contributed by atoms with van der Waals surface area (Å²) in [4.78, 5) is 27.1. The normalized spacial score (nSPS) is 14.3. The van der Waals surface area contributed by atoms with E-state index in [1.807, 2.05) is 33.9 Å². The van der Waals surface area contributed by atoms with Gasteiger partial charge < -0.3 is 10.0 Å². The van der Waals surface area contributed by atoms with Crippen LogP contribution in [0.1, 0.15) is 17.2 Å². The molecule has 1 saturated heterocycles. The number of nitrogens with one attached hydrogen (secondary N) is 1. The third kappa shape index (κ3) is 7.31. The predicted molar refractivity (Wildman–Crippen MR) is 143 cm³/mol. The van der Waals surface area contributed by atoms with Crippen molar-refractivity contribution in [3.8, 4) is 0 Å². The van der Waals surface area contributed by atoms with E-state index in [-0.39, 0.29) is 24.8 Å². The summed E-state index contributed by atoms with van der Waals surface area (Å²) in [6, 6.07) is 16.1. The van der Waals surface area contributed by atoms with Crippen molar-refractivity contribution in [1.29, 1.82) is 0 Å². The Labute approximate surface area is 233 Å². The Bertz CT molecular complexity index is 1400. The smallest absolute Gasteiger partial charge is 0.318 e. The standard InChI is InChI=1S/C26H23Cl2F2N3O5S/c27-18-5-1-16(2-6-18)26(17-3-7-19(28)8-4-17)32-13-23(14-32)33(22-10-20(29)9-21(30)11-22)24(34)15-39(37,38)31-12-25(35)36/h1-11,23,26,31H,12-15H2,(H,35,36). The number of rotatable bonds is 10. The van der Waals surface area contributed by atoms with Crippen LogP contribution in [0.15, 0.2) is 66.7 Å². The minimum absolute atomic E-state index is 0.148. The largest absolute Gasteiger partial charge is 0.480 e. The summed E-state index contributed by atoms with van der Waals surface area (Å²) in [6.07, 6.45) is 0. The van der Waals surface area contributed by atoms with E-state index in [2.05, 4.69) is 0 Å². The molecule has 3 aromatic carbocycles. The molecule has 0 atom stereocenters. The van der Waals surface area contributed by atoms with Crippen molar-refractivity contribution in [2.45, 2.75) is 12.1 Å². The number of carboxylic acids is 1. The number of halogens is 4. The SMILES string of the molecule is O=C(O)CNS(=O)(=O)CC(=O)N(c1cc(F)cc(F)c1)C1CN(C(c2ccc(Cl)cc2)c2ccc(Cl)cc2)C1. The Morgan fingerprint density at radius 2 is 1.44 bits per heavy atom. The van der Waals surface area contributed by atoms with Crippen LogP contribution in [0.3, 0.4) is 0 Å². The number of carboxylic acid groups (broad SMARTS) is 1. The lowest BCUT2D eigenvalue weighted by Gasteiger charge is -2.49. The summed E-state index contributed by atoms with van der Waals surface area (Å²) in [6.45, 7) is -0.434. The zero-order valence-electron chi connectivity index (χ0n) is 20.2. The van der Waals surface area contributed by atoms with Crippen LogP contribution in [-0.2, 0) is 19.6 Å². The fraction of sp³-hybridized carbons (Fsp3) is 0.231. The number of anilines is 1. The number of amides is 1. The molecule has 0 saturated carbocycles. The van der Waals surface area contributed by atoms with Gasteiger partial charge in [-0.15, -0.1) is 0 Å². The first-order valence-electron chi connectivity index (χ1n) is 11.6. The Morgan fingerprint density at radius 1 is 0.949 bits per heavy atom. The molecular formula is C26H23Cl2F2N3O5S. The Balaban J connectivity index is 1.62. The van der Waals surface area contributed by atoms with Crippen molar-refractivity contribution in [3.05, 3.63) is 99.5 Å². The molecule has 8 nitrogen and oxygen atoms in total. The first kappa shape index (κ1) is 28.9. The lowest BCUT2D eigenvalue weighted by Crippen LogP contribution is -2.62. The first-order valence-corrected chi connectivity index (χ1v) is 14.0. The van der Waals surface area contributed by atoms with Gasteiger partial charge in [0.25, 0.3) is 0 Å². The van der Waals surface area contributed by atoms with Crippen molar-refractivity contribution >= 4 is 50.8 Å². The second-order valence-electron chi connectivity index (χ2n) is 8.98. The Morgan fingerprint density at radius 3 is 1.90 bits per heavy atom. The molecule has 0 aliphatic carbocycles. The molecule has 0 bridgehead atoms. The molecule has 3 aromatic rings. The monoisotopic (exact) mass is 597 g/mol. The van der Waals surface area contributed by atoms with Crippen molar-refractivity contribution in [2.75, 3.05) is 30.3 Å². The van der Waals surface area contributed by atoms with E-state index >= 15 is 0 Å². The van der Waals surface area contributed by atoms with Gasteiger partial charge in [0.15, 0.2) is 0 Å². The molecule has 0 spiro atoms. The Hall–Kier alpha value is -3.09. The van der Waals surface area contributed by atoms with Gasteiger partial charge in [-0.1, -0.05) is 47.5 Å². The highest BCUT2D eigenvalue weighted by molar-refractivity contribution is 7.90. The second kappa shape index (κ2) is 12.0. The highest BCUT2D eigenvalue weighted by Gasteiger charge is 2.41. The van der Waals surface area contributed by atoms with E-state index in [1.165, 1.54) is 0 Å². The molecule has 206 valence electrons. The fourth-order valence-corrected chi connectivity index (χ4v) is 5.62. The number of aliphatic carboxylic acids is 1. The third-order valence-electron chi connectivity index (χ3n) is 6.14. The summed E-state index contributed by atoms with van der Waals surface area (Å²) >= 11 is 12.1. The molecule has 1 aliphatic rings. The van der Waals surface area contributed by atoms with Crippen molar-refractivity contribution in [3.63, 3.8) is 0 Å². The average Bonchev–Trinajstić information content (AvgIpc) is 2.82.